The summed E-state index contributed by atoms with van der Waals surface area (Å²) in [6.45, 7) is 3.10. The lowest BCUT2D eigenvalue weighted by Gasteiger charge is -2.12. The first-order valence-corrected chi connectivity index (χ1v) is 8.09. The first kappa shape index (κ1) is 19.5. The molecule has 0 aliphatic carbocycles. The average Bonchev–Trinajstić information content (AvgIpc) is 2.58. The van der Waals surface area contributed by atoms with Gasteiger partial charge in [-0.3, -0.25) is 20.4 Å². The molecule has 2 aromatic rings. The van der Waals surface area contributed by atoms with Crippen LogP contribution in [0.2, 0.25) is 5.02 Å². The molecule has 0 bridgehead atoms. The highest BCUT2D eigenvalue weighted by Crippen LogP contribution is 2.24. The Bertz CT molecular complexity index is 794. The lowest BCUT2D eigenvalue weighted by atomic mass is 10.1. The summed E-state index contributed by atoms with van der Waals surface area (Å²) in [5, 5.41) is 0.0452. The number of carbonyl (C=O) groups excluding carboxylic acids is 2. The van der Waals surface area contributed by atoms with E-state index in [-0.39, 0.29) is 17.4 Å². The van der Waals surface area contributed by atoms with E-state index >= 15 is 0 Å². The van der Waals surface area contributed by atoms with E-state index in [0.717, 1.165) is 23.3 Å². The van der Waals surface area contributed by atoms with Gasteiger partial charge in [0.15, 0.2) is 13.2 Å². The van der Waals surface area contributed by atoms with E-state index in [1.807, 2.05) is 32.0 Å². The summed E-state index contributed by atoms with van der Waals surface area (Å²) in [6.07, 6.45) is 0. The second kappa shape index (κ2) is 9.05. The number of nitrogens with one attached hydrogen (secondary N) is 2. The SMILES string of the molecule is Cc1cccc(C)c1OCC(=O)NNC(=O)COc1ccc(F)cc1Cl. The zero-order valence-corrected chi connectivity index (χ0v) is 15.0. The van der Waals surface area contributed by atoms with Crippen LogP contribution in [0.4, 0.5) is 4.39 Å². The Hall–Kier alpha value is -2.80. The molecule has 2 N–H and O–H groups in total. The zero-order chi connectivity index (χ0) is 19.1. The number of amides is 2. The fourth-order valence-electron chi connectivity index (χ4n) is 2.11. The number of hydrogen-bond donors (Lipinski definition) is 2. The molecule has 0 saturated heterocycles. The van der Waals surface area contributed by atoms with E-state index in [0.29, 0.717) is 5.75 Å². The molecule has 2 aromatic carbocycles. The van der Waals surface area contributed by atoms with Gasteiger partial charge in [0.1, 0.15) is 17.3 Å². The number of hydrazine groups is 1. The first-order chi connectivity index (χ1) is 12.4. The van der Waals surface area contributed by atoms with Crippen molar-refractivity contribution in [2.24, 2.45) is 0 Å². The van der Waals surface area contributed by atoms with Gasteiger partial charge < -0.3 is 9.47 Å². The third kappa shape index (κ3) is 5.63. The van der Waals surface area contributed by atoms with Crippen molar-refractivity contribution in [2.45, 2.75) is 13.8 Å². The zero-order valence-electron chi connectivity index (χ0n) is 14.3. The number of para-hydroxylation sites is 1. The van der Waals surface area contributed by atoms with Crippen LogP contribution in [-0.2, 0) is 9.59 Å². The van der Waals surface area contributed by atoms with Gasteiger partial charge in [0.05, 0.1) is 5.02 Å². The second-order valence-electron chi connectivity index (χ2n) is 5.47. The predicted octanol–water partition coefficient (Wildman–Crippen LogP) is 2.70. The Morgan fingerprint density at radius 2 is 1.58 bits per heavy atom. The number of aryl methyl sites for hydroxylation is 2. The van der Waals surface area contributed by atoms with Crippen molar-refractivity contribution in [1.82, 2.24) is 10.9 Å². The Morgan fingerprint density at radius 1 is 1.00 bits per heavy atom. The molecule has 0 aliphatic rings. The highest BCUT2D eigenvalue weighted by molar-refractivity contribution is 6.32. The Kier molecular flexibility index (Phi) is 6.80. The molecule has 0 atom stereocenters. The van der Waals surface area contributed by atoms with Crippen LogP contribution in [0.15, 0.2) is 36.4 Å². The van der Waals surface area contributed by atoms with Crippen LogP contribution in [0.25, 0.3) is 0 Å². The summed E-state index contributed by atoms with van der Waals surface area (Å²) < 4.78 is 23.5. The number of carbonyl (C=O) groups is 2. The molecule has 0 spiro atoms. The van der Waals surface area contributed by atoms with Crippen molar-refractivity contribution in [2.75, 3.05) is 13.2 Å². The molecule has 26 heavy (non-hydrogen) atoms. The fraction of sp³-hybridized carbons (Fsp3) is 0.222. The third-order valence-corrected chi connectivity index (χ3v) is 3.65. The second-order valence-corrected chi connectivity index (χ2v) is 5.88. The molecule has 0 aliphatic heterocycles. The third-order valence-electron chi connectivity index (χ3n) is 3.35. The van der Waals surface area contributed by atoms with Gasteiger partial charge in [-0.25, -0.2) is 4.39 Å². The van der Waals surface area contributed by atoms with E-state index in [2.05, 4.69) is 10.9 Å². The monoisotopic (exact) mass is 380 g/mol. The maximum Gasteiger partial charge on any atom is 0.276 e. The molecule has 0 saturated carbocycles. The molecule has 0 heterocycles. The lowest BCUT2D eigenvalue weighted by molar-refractivity contribution is -0.131. The molecule has 0 radical (unpaired) electrons. The van der Waals surface area contributed by atoms with Gasteiger partial charge in [0.2, 0.25) is 0 Å². The summed E-state index contributed by atoms with van der Waals surface area (Å²) in [5.41, 5.74) is 6.22. The van der Waals surface area contributed by atoms with Crippen LogP contribution in [0, 0.1) is 19.7 Å². The topological polar surface area (TPSA) is 76.7 Å². The molecule has 0 fully saturated rings. The number of ether oxygens (including phenoxy) is 2. The Morgan fingerprint density at radius 3 is 2.15 bits per heavy atom. The van der Waals surface area contributed by atoms with Gasteiger partial charge in [-0.2, -0.15) is 0 Å². The van der Waals surface area contributed by atoms with Crippen LogP contribution in [0.3, 0.4) is 0 Å². The van der Waals surface area contributed by atoms with E-state index in [1.165, 1.54) is 6.07 Å². The minimum Gasteiger partial charge on any atom is -0.483 e. The standard InChI is InChI=1S/C18H18ClFN2O4/c1-11-4-3-5-12(2)18(11)26-10-17(24)22-21-16(23)9-25-15-7-6-13(20)8-14(15)19/h3-8H,9-10H2,1-2H3,(H,21,23)(H,22,24). The van der Waals surface area contributed by atoms with Gasteiger partial charge in [-0.05, 0) is 43.2 Å². The van der Waals surface area contributed by atoms with Gasteiger partial charge in [0.25, 0.3) is 11.8 Å². The molecule has 6 nitrogen and oxygen atoms in total. The normalized spacial score (nSPS) is 10.2. The maximum atomic E-state index is 12.9. The predicted molar refractivity (Wildman–Crippen MR) is 94.6 cm³/mol. The minimum atomic E-state index is -0.606. The number of hydrogen-bond acceptors (Lipinski definition) is 4. The van der Waals surface area contributed by atoms with Gasteiger partial charge in [-0.1, -0.05) is 29.8 Å². The van der Waals surface area contributed by atoms with Gasteiger partial charge >= 0.3 is 0 Å². The summed E-state index contributed by atoms with van der Waals surface area (Å²) in [5.74, 6) is -0.856. The highest BCUT2D eigenvalue weighted by atomic mass is 35.5. The fourth-order valence-corrected chi connectivity index (χ4v) is 2.33. The van der Waals surface area contributed by atoms with Gasteiger partial charge in [0, 0.05) is 0 Å². The summed E-state index contributed by atoms with van der Waals surface area (Å²) >= 11 is 5.78. The van der Waals surface area contributed by atoms with Crippen LogP contribution >= 0.6 is 11.6 Å². The van der Waals surface area contributed by atoms with Crippen LogP contribution in [0.5, 0.6) is 11.5 Å². The van der Waals surface area contributed by atoms with Crippen LogP contribution in [0.1, 0.15) is 11.1 Å². The molecule has 0 aromatic heterocycles. The molecule has 8 heteroatoms. The van der Waals surface area contributed by atoms with Crippen LogP contribution < -0.4 is 20.3 Å². The summed E-state index contributed by atoms with van der Waals surface area (Å²) in [4.78, 5) is 23.4. The molecule has 0 unspecified atom stereocenters. The van der Waals surface area contributed by atoms with E-state index in [4.69, 9.17) is 21.1 Å². The number of halogens is 2. The van der Waals surface area contributed by atoms with E-state index < -0.39 is 24.2 Å². The maximum absolute atomic E-state index is 12.9. The van der Waals surface area contributed by atoms with Crippen molar-refractivity contribution < 1.29 is 23.5 Å². The summed E-state index contributed by atoms with van der Waals surface area (Å²) in [6, 6.07) is 9.18. The Balaban J connectivity index is 1.74. The average molecular weight is 381 g/mol. The molecular weight excluding hydrogens is 363 g/mol. The van der Waals surface area contributed by atoms with Gasteiger partial charge in [-0.15, -0.1) is 0 Å². The highest BCUT2D eigenvalue weighted by Gasteiger charge is 2.10. The molecule has 138 valence electrons. The quantitative estimate of drug-likeness (QED) is 0.755. The number of rotatable bonds is 6. The van der Waals surface area contributed by atoms with Crippen molar-refractivity contribution in [3.63, 3.8) is 0 Å². The van der Waals surface area contributed by atoms with Crippen molar-refractivity contribution >= 4 is 23.4 Å². The van der Waals surface area contributed by atoms with Crippen molar-refractivity contribution in [1.29, 1.82) is 0 Å². The number of benzene rings is 2. The molecular formula is C18H18ClFN2O4. The molecule has 2 amide bonds. The lowest BCUT2D eigenvalue weighted by Crippen LogP contribution is -2.45. The largest absolute Gasteiger partial charge is 0.483 e. The Labute approximate surface area is 155 Å². The molecule has 2 rings (SSSR count). The van der Waals surface area contributed by atoms with Crippen molar-refractivity contribution in [3.05, 3.63) is 58.4 Å². The minimum absolute atomic E-state index is 0.0452. The first-order valence-electron chi connectivity index (χ1n) is 7.71. The smallest absolute Gasteiger partial charge is 0.276 e. The van der Waals surface area contributed by atoms with E-state index in [1.54, 1.807) is 0 Å². The van der Waals surface area contributed by atoms with Crippen molar-refractivity contribution in [3.8, 4) is 11.5 Å². The van der Waals surface area contributed by atoms with E-state index in [9.17, 15) is 14.0 Å². The van der Waals surface area contributed by atoms with Crippen LogP contribution in [-0.4, -0.2) is 25.0 Å². The summed E-state index contributed by atoms with van der Waals surface area (Å²) in [7, 11) is 0.